The Bertz CT molecular complexity index is 392. The molecule has 0 aliphatic rings. The van der Waals surface area contributed by atoms with Crippen LogP contribution in [0.2, 0.25) is 0 Å². The fraction of sp³-hybridized carbons (Fsp3) is 0.571. The number of alkyl halides is 3. The maximum atomic E-state index is 12.6. The Hall–Kier alpha value is -0.840. The summed E-state index contributed by atoms with van der Waals surface area (Å²) in [6.07, 6.45) is -2.58. The second-order valence-electron chi connectivity index (χ2n) is 4.68. The molecule has 0 aromatic heterocycles. The second-order valence-corrected chi connectivity index (χ2v) is 5.00. The van der Waals surface area contributed by atoms with Gasteiger partial charge in [0.1, 0.15) is 5.75 Å². The van der Waals surface area contributed by atoms with E-state index in [0.717, 1.165) is 25.0 Å². The van der Waals surface area contributed by atoms with Crippen molar-refractivity contribution < 1.29 is 17.9 Å². The SMILES string of the molecule is CCC(CC)(CS)COc1cccc(C(F)(F)F)c1. The van der Waals surface area contributed by atoms with E-state index in [2.05, 4.69) is 12.6 Å². The normalized spacial score (nSPS) is 12.5. The van der Waals surface area contributed by atoms with Crippen LogP contribution in [0.25, 0.3) is 0 Å². The van der Waals surface area contributed by atoms with Gasteiger partial charge in [-0.1, -0.05) is 19.9 Å². The lowest BCUT2D eigenvalue weighted by molar-refractivity contribution is -0.137. The summed E-state index contributed by atoms with van der Waals surface area (Å²) in [5.74, 6) is 0.904. The molecule has 0 saturated heterocycles. The molecule has 108 valence electrons. The number of hydrogen-bond donors (Lipinski definition) is 1. The minimum Gasteiger partial charge on any atom is -0.493 e. The van der Waals surface area contributed by atoms with Crippen LogP contribution in [0.1, 0.15) is 32.3 Å². The van der Waals surface area contributed by atoms with Crippen molar-refractivity contribution in [2.24, 2.45) is 5.41 Å². The third-order valence-electron chi connectivity index (χ3n) is 3.54. The van der Waals surface area contributed by atoms with Gasteiger partial charge in [0.15, 0.2) is 0 Å². The van der Waals surface area contributed by atoms with E-state index < -0.39 is 11.7 Å². The lowest BCUT2D eigenvalue weighted by atomic mass is 9.85. The first kappa shape index (κ1) is 16.2. The summed E-state index contributed by atoms with van der Waals surface area (Å²) < 4.78 is 43.2. The van der Waals surface area contributed by atoms with Crippen molar-refractivity contribution in [2.75, 3.05) is 12.4 Å². The van der Waals surface area contributed by atoms with Crippen molar-refractivity contribution in [1.29, 1.82) is 0 Å². The lowest BCUT2D eigenvalue weighted by Gasteiger charge is -2.29. The van der Waals surface area contributed by atoms with Gasteiger partial charge >= 0.3 is 6.18 Å². The number of hydrogen-bond acceptors (Lipinski definition) is 2. The second kappa shape index (κ2) is 6.55. The minimum atomic E-state index is -4.34. The Labute approximate surface area is 117 Å². The third-order valence-corrected chi connectivity index (χ3v) is 4.21. The number of thiol groups is 1. The largest absolute Gasteiger partial charge is 0.493 e. The summed E-state index contributed by atoms with van der Waals surface area (Å²) in [6.45, 7) is 4.45. The Morgan fingerprint density at radius 3 is 2.26 bits per heavy atom. The molecule has 19 heavy (non-hydrogen) atoms. The molecule has 0 radical (unpaired) electrons. The molecule has 5 heteroatoms. The van der Waals surface area contributed by atoms with Gasteiger partial charge in [0.05, 0.1) is 12.2 Å². The first-order valence-electron chi connectivity index (χ1n) is 6.28. The molecule has 0 heterocycles. The third kappa shape index (κ3) is 4.34. The molecule has 0 fully saturated rings. The van der Waals surface area contributed by atoms with E-state index in [4.69, 9.17) is 4.74 Å². The van der Waals surface area contributed by atoms with Crippen LogP contribution in [-0.2, 0) is 6.18 Å². The van der Waals surface area contributed by atoms with E-state index in [9.17, 15) is 13.2 Å². The first-order chi connectivity index (χ1) is 8.87. The molecule has 1 nitrogen and oxygen atoms in total. The van der Waals surface area contributed by atoms with Crippen LogP contribution >= 0.6 is 12.6 Å². The monoisotopic (exact) mass is 292 g/mol. The zero-order valence-corrected chi connectivity index (χ0v) is 12.0. The molecular weight excluding hydrogens is 273 g/mol. The van der Waals surface area contributed by atoms with Crippen LogP contribution < -0.4 is 4.74 Å². The topological polar surface area (TPSA) is 9.23 Å². The maximum absolute atomic E-state index is 12.6. The molecular formula is C14H19F3OS. The van der Waals surface area contributed by atoms with Crippen LogP contribution in [0.4, 0.5) is 13.2 Å². The molecule has 1 aromatic rings. The summed E-state index contributed by atoms with van der Waals surface area (Å²) in [7, 11) is 0. The zero-order chi connectivity index (χ0) is 14.5. The van der Waals surface area contributed by atoms with Crippen LogP contribution in [0.3, 0.4) is 0 Å². The van der Waals surface area contributed by atoms with Gasteiger partial charge in [0.2, 0.25) is 0 Å². The highest BCUT2D eigenvalue weighted by Crippen LogP contribution is 2.33. The average molecular weight is 292 g/mol. The van der Waals surface area contributed by atoms with Gasteiger partial charge in [-0.3, -0.25) is 0 Å². The van der Waals surface area contributed by atoms with Gasteiger partial charge in [-0.2, -0.15) is 25.8 Å². The van der Waals surface area contributed by atoms with E-state index in [-0.39, 0.29) is 11.2 Å². The molecule has 1 rings (SSSR count). The zero-order valence-electron chi connectivity index (χ0n) is 11.1. The van der Waals surface area contributed by atoms with Crippen LogP contribution in [0.5, 0.6) is 5.75 Å². The Balaban J connectivity index is 2.78. The summed E-state index contributed by atoms with van der Waals surface area (Å²) in [4.78, 5) is 0. The molecule has 0 N–H and O–H groups in total. The summed E-state index contributed by atoms with van der Waals surface area (Å²) in [5.41, 5.74) is -0.772. The van der Waals surface area contributed by atoms with Crippen molar-refractivity contribution in [3.63, 3.8) is 0 Å². The van der Waals surface area contributed by atoms with Gasteiger partial charge in [0, 0.05) is 5.41 Å². The van der Waals surface area contributed by atoms with E-state index in [1.165, 1.54) is 6.07 Å². The molecule has 0 aliphatic carbocycles. The van der Waals surface area contributed by atoms with E-state index in [0.29, 0.717) is 12.4 Å². The molecule has 0 spiro atoms. The van der Waals surface area contributed by atoms with Crippen molar-refractivity contribution >= 4 is 12.6 Å². The van der Waals surface area contributed by atoms with Crippen molar-refractivity contribution in [1.82, 2.24) is 0 Å². The highest BCUT2D eigenvalue weighted by Gasteiger charge is 2.31. The predicted octanol–water partition coefficient (Wildman–Crippen LogP) is 4.82. The summed E-state index contributed by atoms with van der Waals surface area (Å²) in [6, 6.07) is 4.98. The van der Waals surface area contributed by atoms with Gasteiger partial charge < -0.3 is 4.74 Å². The van der Waals surface area contributed by atoms with Crippen molar-refractivity contribution in [3.8, 4) is 5.75 Å². The average Bonchev–Trinajstić information content (AvgIpc) is 2.40. The van der Waals surface area contributed by atoms with E-state index >= 15 is 0 Å². The molecule has 0 unspecified atom stereocenters. The Morgan fingerprint density at radius 2 is 1.79 bits per heavy atom. The smallest absolute Gasteiger partial charge is 0.416 e. The number of benzene rings is 1. The van der Waals surface area contributed by atoms with Crippen LogP contribution in [-0.4, -0.2) is 12.4 Å². The van der Waals surface area contributed by atoms with Crippen LogP contribution in [0.15, 0.2) is 24.3 Å². The minimum absolute atomic E-state index is 0.0860. The highest BCUT2D eigenvalue weighted by atomic mass is 32.1. The van der Waals surface area contributed by atoms with Crippen LogP contribution in [0, 0.1) is 5.41 Å². The maximum Gasteiger partial charge on any atom is 0.416 e. The Morgan fingerprint density at radius 1 is 1.16 bits per heavy atom. The van der Waals surface area contributed by atoms with Gasteiger partial charge in [-0.15, -0.1) is 0 Å². The van der Waals surface area contributed by atoms with Crippen molar-refractivity contribution in [3.05, 3.63) is 29.8 Å². The van der Waals surface area contributed by atoms with Crippen molar-refractivity contribution in [2.45, 2.75) is 32.9 Å². The number of ether oxygens (including phenoxy) is 1. The predicted molar refractivity (Wildman–Crippen MR) is 73.8 cm³/mol. The fourth-order valence-corrected chi connectivity index (χ4v) is 2.26. The fourth-order valence-electron chi connectivity index (χ4n) is 1.72. The molecule has 0 saturated carbocycles. The van der Waals surface area contributed by atoms with Gasteiger partial charge in [-0.25, -0.2) is 0 Å². The number of rotatable bonds is 6. The van der Waals surface area contributed by atoms with Gasteiger partial charge in [0.25, 0.3) is 0 Å². The number of halogens is 3. The van der Waals surface area contributed by atoms with E-state index in [1.807, 2.05) is 13.8 Å². The molecule has 1 aromatic carbocycles. The van der Waals surface area contributed by atoms with Gasteiger partial charge in [-0.05, 0) is 36.8 Å². The molecule has 0 aliphatic heterocycles. The molecule has 0 atom stereocenters. The Kier molecular flexibility index (Phi) is 5.59. The molecule has 0 amide bonds. The highest BCUT2D eigenvalue weighted by molar-refractivity contribution is 7.80. The molecule has 0 bridgehead atoms. The summed E-state index contributed by atoms with van der Waals surface area (Å²) >= 11 is 4.31. The first-order valence-corrected chi connectivity index (χ1v) is 6.91. The lowest BCUT2D eigenvalue weighted by Crippen LogP contribution is -2.29. The summed E-state index contributed by atoms with van der Waals surface area (Å²) in [5, 5.41) is 0. The van der Waals surface area contributed by atoms with E-state index in [1.54, 1.807) is 6.07 Å². The quantitative estimate of drug-likeness (QED) is 0.740. The standard InChI is InChI=1S/C14H19F3OS/c1-3-13(4-2,10-19)9-18-12-7-5-6-11(8-12)14(15,16)17/h5-8,19H,3-4,9-10H2,1-2H3.